The summed E-state index contributed by atoms with van der Waals surface area (Å²) in [4.78, 5) is 11.4. The van der Waals surface area contributed by atoms with Crippen LogP contribution in [0.1, 0.15) is 36.3 Å². The van der Waals surface area contributed by atoms with Crippen molar-refractivity contribution >= 4 is 16.9 Å². The minimum Gasteiger partial charge on any atom is -0.494 e. The molecule has 0 spiro atoms. The molecular formula is C15H19NO3. The first-order valence-electron chi connectivity index (χ1n) is 6.59. The SMILES string of the molecule is CCCOc1ccc2c(c1)c(C(=O)O)c(C)n2CC. The van der Waals surface area contributed by atoms with Crippen LogP contribution in [0.15, 0.2) is 18.2 Å². The summed E-state index contributed by atoms with van der Waals surface area (Å²) >= 11 is 0. The summed E-state index contributed by atoms with van der Waals surface area (Å²) in [7, 11) is 0. The largest absolute Gasteiger partial charge is 0.494 e. The topological polar surface area (TPSA) is 51.5 Å². The zero-order valence-corrected chi connectivity index (χ0v) is 11.6. The van der Waals surface area contributed by atoms with Gasteiger partial charge in [0.2, 0.25) is 0 Å². The zero-order valence-electron chi connectivity index (χ0n) is 11.6. The molecule has 0 aliphatic carbocycles. The number of carbonyl (C=O) groups is 1. The lowest BCUT2D eigenvalue weighted by Crippen LogP contribution is -2.01. The van der Waals surface area contributed by atoms with Gasteiger partial charge in [-0.25, -0.2) is 4.79 Å². The molecule has 0 unspecified atom stereocenters. The number of rotatable bonds is 5. The van der Waals surface area contributed by atoms with Gasteiger partial charge in [-0.05, 0) is 38.5 Å². The highest BCUT2D eigenvalue weighted by molar-refractivity contribution is 6.05. The van der Waals surface area contributed by atoms with Crippen molar-refractivity contribution < 1.29 is 14.6 Å². The van der Waals surface area contributed by atoms with Crippen LogP contribution in [0, 0.1) is 6.92 Å². The Morgan fingerprint density at radius 3 is 2.68 bits per heavy atom. The highest BCUT2D eigenvalue weighted by Crippen LogP contribution is 2.29. The fraction of sp³-hybridized carbons (Fsp3) is 0.400. The third-order valence-electron chi connectivity index (χ3n) is 3.30. The van der Waals surface area contributed by atoms with E-state index in [9.17, 15) is 9.90 Å². The van der Waals surface area contributed by atoms with E-state index in [-0.39, 0.29) is 0 Å². The van der Waals surface area contributed by atoms with E-state index in [0.29, 0.717) is 12.2 Å². The van der Waals surface area contributed by atoms with Gasteiger partial charge in [0, 0.05) is 23.1 Å². The summed E-state index contributed by atoms with van der Waals surface area (Å²) in [5.74, 6) is -0.160. The van der Waals surface area contributed by atoms with Crippen LogP contribution in [0.4, 0.5) is 0 Å². The smallest absolute Gasteiger partial charge is 0.338 e. The fourth-order valence-corrected chi connectivity index (χ4v) is 2.45. The second kappa shape index (κ2) is 5.34. The van der Waals surface area contributed by atoms with E-state index in [0.717, 1.165) is 35.3 Å². The summed E-state index contributed by atoms with van der Waals surface area (Å²) < 4.78 is 7.59. The highest BCUT2D eigenvalue weighted by atomic mass is 16.5. The lowest BCUT2D eigenvalue weighted by Gasteiger charge is -2.06. The van der Waals surface area contributed by atoms with E-state index in [1.165, 1.54) is 0 Å². The molecule has 1 heterocycles. The van der Waals surface area contributed by atoms with Crippen LogP contribution in [0.3, 0.4) is 0 Å². The average molecular weight is 261 g/mol. The van der Waals surface area contributed by atoms with Gasteiger partial charge in [0.05, 0.1) is 12.2 Å². The number of fused-ring (bicyclic) bond motifs is 1. The van der Waals surface area contributed by atoms with Crippen molar-refractivity contribution in [3.05, 3.63) is 29.5 Å². The van der Waals surface area contributed by atoms with Gasteiger partial charge in [-0.1, -0.05) is 6.92 Å². The number of carboxylic acid groups (broad SMARTS) is 1. The molecule has 0 aliphatic heterocycles. The fourth-order valence-electron chi connectivity index (χ4n) is 2.45. The molecule has 2 aromatic rings. The molecule has 0 radical (unpaired) electrons. The van der Waals surface area contributed by atoms with E-state index in [4.69, 9.17) is 4.74 Å². The van der Waals surface area contributed by atoms with E-state index < -0.39 is 5.97 Å². The number of nitrogens with zero attached hydrogens (tertiary/aromatic N) is 1. The van der Waals surface area contributed by atoms with Crippen molar-refractivity contribution in [2.24, 2.45) is 0 Å². The Labute approximate surface area is 112 Å². The van der Waals surface area contributed by atoms with Gasteiger partial charge >= 0.3 is 5.97 Å². The number of aryl methyl sites for hydroxylation is 1. The molecule has 4 nitrogen and oxygen atoms in total. The van der Waals surface area contributed by atoms with Gasteiger partial charge in [-0.15, -0.1) is 0 Å². The summed E-state index contributed by atoms with van der Waals surface area (Å²) in [5.41, 5.74) is 2.11. The van der Waals surface area contributed by atoms with Crippen molar-refractivity contribution in [2.75, 3.05) is 6.61 Å². The predicted octanol–water partition coefficient (Wildman–Crippen LogP) is 3.46. The number of aromatic carboxylic acids is 1. The number of carboxylic acids is 1. The molecule has 0 aliphatic rings. The second-order valence-electron chi connectivity index (χ2n) is 4.54. The average Bonchev–Trinajstić information content (AvgIpc) is 2.66. The molecule has 0 amide bonds. The van der Waals surface area contributed by atoms with Crippen molar-refractivity contribution in [3.63, 3.8) is 0 Å². The van der Waals surface area contributed by atoms with Crippen LogP contribution in [0.2, 0.25) is 0 Å². The van der Waals surface area contributed by atoms with Gasteiger partial charge in [0.1, 0.15) is 5.75 Å². The van der Waals surface area contributed by atoms with Crippen molar-refractivity contribution in [1.82, 2.24) is 4.57 Å². The molecule has 0 fully saturated rings. The Hall–Kier alpha value is -1.97. The van der Waals surface area contributed by atoms with Crippen molar-refractivity contribution in [1.29, 1.82) is 0 Å². The Morgan fingerprint density at radius 1 is 1.37 bits per heavy atom. The third kappa shape index (κ3) is 2.30. The lowest BCUT2D eigenvalue weighted by molar-refractivity contribution is 0.0698. The van der Waals surface area contributed by atoms with E-state index in [1.807, 2.05) is 43.5 Å². The van der Waals surface area contributed by atoms with Crippen LogP contribution in [-0.4, -0.2) is 22.2 Å². The Bertz CT molecular complexity index is 613. The maximum Gasteiger partial charge on any atom is 0.338 e. The molecule has 1 N–H and O–H groups in total. The molecule has 1 aromatic carbocycles. The molecule has 1 aromatic heterocycles. The second-order valence-corrected chi connectivity index (χ2v) is 4.54. The zero-order chi connectivity index (χ0) is 14.0. The predicted molar refractivity (Wildman–Crippen MR) is 75.1 cm³/mol. The van der Waals surface area contributed by atoms with Gasteiger partial charge in [0.25, 0.3) is 0 Å². The van der Waals surface area contributed by atoms with Crippen LogP contribution >= 0.6 is 0 Å². The van der Waals surface area contributed by atoms with E-state index in [1.54, 1.807) is 0 Å². The Morgan fingerprint density at radius 2 is 2.11 bits per heavy atom. The first-order valence-corrected chi connectivity index (χ1v) is 6.59. The molecule has 4 heteroatoms. The molecule has 0 saturated carbocycles. The van der Waals surface area contributed by atoms with Gasteiger partial charge < -0.3 is 14.4 Å². The Balaban J connectivity index is 2.62. The number of ether oxygens (including phenoxy) is 1. The van der Waals surface area contributed by atoms with Gasteiger partial charge in [-0.3, -0.25) is 0 Å². The monoisotopic (exact) mass is 261 g/mol. The first-order chi connectivity index (χ1) is 9.10. The molecule has 2 rings (SSSR count). The minimum atomic E-state index is -0.887. The quantitative estimate of drug-likeness (QED) is 0.896. The third-order valence-corrected chi connectivity index (χ3v) is 3.30. The standard InChI is InChI=1S/C15H19NO3/c1-4-8-19-11-6-7-13-12(9-11)14(15(17)18)10(3)16(13)5-2/h6-7,9H,4-5,8H2,1-3H3,(H,17,18). The van der Waals surface area contributed by atoms with Crippen molar-refractivity contribution in [2.45, 2.75) is 33.7 Å². The lowest BCUT2D eigenvalue weighted by atomic mass is 10.1. The maximum absolute atomic E-state index is 11.4. The van der Waals surface area contributed by atoms with Crippen LogP contribution in [0.5, 0.6) is 5.75 Å². The Kier molecular flexibility index (Phi) is 3.79. The molecule has 102 valence electrons. The molecule has 0 bridgehead atoms. The highest BCUT2D eigenvalue weighted by Gasteiger charge is 2.19. The summed E-state index contributed by atoms with van der Waals surface area (Å²) in [6.07, 6.45) is 0.929. The normalized spacial score (nSPS) is 10.9. The summed E-state index contributed by atoms with van der Waals surface area (Å²) in [6, 6.07) is 5.66. The van der Waals surface area contributed by atoms with E-state index in [2.05, 4.69) is 0 Å². The summed E-state index contributed by atoms with van der Waals surface area (Å²) in [6.45, 7) is 7.30. The number of hydrogen-bond acceptors (Lipinski definition) is 2. The van der Waals surface area contributed by atoms with Crippen LogP contribution < -0.4 is 4.74 Å². The molecule has 0 atom stereocenters. The number of aromatic nitrogens is 1. The summed E-state index contributed by atoms with van der Waals surface area (Å²) in [5, 5.41) is 10.1. The minimum absolute atomic E-state index is 0.374. The number of benzene rings is 1. The molecular weight excluding hydrogens is 242 g/mol. The number of hydrogen-bond donors (Lipinski definition) is 1. The molecule has 0 saturated heterocycles. The molecule has 19 heavy (non-hydrogen) atoms. The van der Waals surface area contributed by atoms with Crippen LogP contribution in [0.25, 0.3) is 10.9 Å². The first kappa shape index (κ1) is 13.5. The van der Waals surface area contributed by atoms with E-state index >= 15 is 0 Å². The van der Waals surface area contributed by atoms with Gasteiger partial charge in [-0.2, -0.15) is 0 Å². The maximum atomic E-state index is 11.4. The van der Waals surface area contributed by atoms with Crippen LogP contribution in [-0.2, 0) is 6.54 Å². The van der Waals surface area contributed by atoms with Gasteiger partial charge in [0.15, 0.2) is 0 Å². The van der Waals surface area contributed by atoms with Crippen molar-refractivity contribution in [3.8, 4) is 5.75 Å².